The molecule has 0 radical (unpaired) electrons. The summed E-state index contributed by atoms with van der Waals surface area (Å²) in [6.07, 6.45) is 1.44. The summed E-state index contributed by atoms with van der Waals surface area (Å²) in [5.41, 5.74) is 1.31. The summed E-state index contributed by atoms with van der Waals surface area (Å²) < 4.78 is 18.5. The molecule has 0 bridgehead atoms. The summed E-state index contributed by atoms with van der Waals surface area (Å²) in [5, 5.41) is 12.5. The molecule has 0 spiro atoms. The zero-order valence-electron chi connectivity index (χ0n) is 13.7. The Balaban J connectivity index is 1.90. The molecule has 2 N–H and O–H groups in total. The number of carbonyl (C=O) groups is 1. The van der Waals surface area contributed by atoms with E-state index >= 15 is 0 Å². The second-order valence-electron chi connectivity index (χ2n) is 6.11. The third kappa shape index (κ3) is 4.91. The van der Waals surface area contributed by atoms with Crippen LogP contribution in [0.15, 0.2) is 18.2 Å². The molecule has 1 saturated heterocycles. The van der Waals surface area contributed by atoms with Gasteiger partial charge in [0.05, 0.1) is 12.7 Å². The summed E-state index contributed by atoms with van der Waals surface area (Å²) in [4.78, 5) is 14.0. The van der Waals surface area contributed by atoms with Gasteiger partial charge in [-0.15, -0.1) is 0 Å². The van der Waals surface area contributed by atoms with Crippen LogP contribution in [0.5, 0.6) is 0 Å². The first-order valence-electron chi connectivity index (χ1n) is 7.98. The molecule has 128 valence electrons. The monoisotopic (exact) mass is 324 g/mol. The van der Waals surface area contributed by atoms with Gasteiger partial charge in [-0.3, -0.25) is 0 Å². The van der Waals surface area contributed by atoms with E-state index < -0.39 is 6.10 Å². The Bertz CT molecular complexity index is 537. The van der Waals surface area contributed by atoms with Gasteiger partial charge in [-0.2, -0.15) is 0 Å². The number of benzene rings is 1. The van der Waals surface area contributed by atoms with Crippen molar-refractivity contribution in [3.05, 3.63) is 35.1 Å². The van der Waals surface area contributed by atoms with Crippen LogP contribution in [0, 0.1) is 11.7 Å². The van der Waals surface area contributed by atoms with Crippen LogP contribution in [-0.2, 0) is 17.9 Å². The molecule has 1 aliphatic rings. The zero-order chi connectivity index (χ0) is 16.8. The van der Waals surface area contributed by atoms with Crippen molar-refractivity contribution in [1.82, 2.24) is 10.2 Å². The minimum atomic E-state index is -0.403. The molecule has 1 aliphatic heterocycles. The maximum atomic E-state index is 13.6. The van der Waals surface area contributed by atoms with Gasteiger partial charge in [0.2, 0.25) is 0 Å². The standard InChI is InChI=1S/C17H25FN2O3/c1-12(21)14-4-3-7-20(10-14)17(22)19-9-13-5-6-16(18)15(8-13)11-23-2/h5-6,8,12,14,21H,3-4,7,9-11H2,1-2H3,(H,19,22). The Hall–Kier alpha value is -1.66. The van der Waals surface area contributed by atoms with Crippen molar-refractivity contribution in [2.75, 3.05) is 20.2 Å². The fourth-order valence-electron chi connectivity index (χ4n) is 2.88. The van der Waals surface area contributed by atoms with Crippen LogP contribution in [0.2, 0.25) is 0 Å². The molecule has 6 heteroatoms. The topological polar surface area (TPSA) is 61.8 Å². The number of urea groups is 1. The van der Waals surface area contributed by atoms with Crippen LogP contribution < -0.4 is 5.32 Å². The molecule has 2 unspecified atom stereocenters. The van der Waals surface area contributed by atoms with Gasteiger partial charge < -0.3 is 20.1 Å². The maximum absolute atomic E-state index is 13.6. The summed E-state index contributed by atoms with van der Waals surface area (Å²) in [6, 6.07) is 4.60. The first-order chi connectivity index (χ1) is 11.0. The van der Waals surface area contributed by atoms with Crippen molar-refractivity contribution in [1.29, 1.82) is 0 Å². The first kappa shape index (κ1) is 17.7. The highest BCUT2D eigenvalue weighted by atomic mass is 19.1. The predicted molar refractivity (Wildman–Crippen MR) is 85.3 cm³/mol. The van der Waals surface area contributed by atoms with E-state index in [4.69, 9.17) is 4.74 Å². The van der Waals surface area contributed by atoms with Crippen molar-refractivity contribution in [2.45, 2.75) is 39.0 Å². The quantitative estimate of drug-likeness (QED) is 0.873. The Labute approximate surface area is 136 Å². The second kappa shape index (κ2) is 8.26. The lowest BCUT2D eigenvalue weighted by Gasteiger charge is -2.34. The minimum Gasteiger partial charge on any atom is -0.393 e. The van der Waals surface area contributed by atoms with Crippen LogP contribution in [0.3, 0.4) is 0 Å². The summed E-state index contributed by atoms with van der Waals surface area (Å²) in [5.74, 6) is -0.175. The summed E-state index contributed by atoms with van der Waals surface area (Å²) in [6.45, 7) is 3.58. The maximum Gasteiger partial charge on any atom is 0.317 e. The molecule has 1 aromatic rings. The second-order valence-corrected chi connectivity index (χ2v) is 6.11. The number of methoxy groups -OCH3 is 1. The smallest absolute Gasteiger partial charge is 0.317 e. The highest BCUT2D eigenvalue weighted by Crippen LogP contribution is 2.19. The van der Waals surface area contributed by atoms with Crippen molar-refractivity contribution in [3.63, 3.8) is 0 Å². The van der Waals surface area contributed by atoms with E-state index in [1.165, 1.54) is 13.2 Å². The van der Waals surface area contributed by atoms with E-state index in [2.05, 4.69) is 5.32 Å². The summed E-state index contributed by atoms with van der Waals surface area (Å²) >= 11 is 0. The van der Waals surface area contributed by atoms with Crippen molar-refractivity contribution >= 4 is 6.03 Å². The minimum absolute atomic E-state index is 0.133. The number of aliphatic hydroxyl groups excluding tert-OH is 1. The Morgan fingerprint density at radius 2 is 2.35 bits per heavy atom. The van der Waals surface area contributed by atoms with Crippen molar-refractivity contribution in [2.24, 2.45) is 5.92 Å². The van der Waals surface area contributed by atoms with Crippen LogP contribution in [-0.4, -0.2) is 42.3 Å². The Kier molecular flexibility index (Phi) is 6.36. The van der Waals surface area contributed by atoms with Gasteiger partial charge in [-0.1, -0.05) is 6.07 Å². The van der Waals surface area contributed by atoms with E-state index in [1.54, 1.807) is 24.0 Å². The fraction of sp³-hybridized carbons (Fsp3) is 0.588. The number of hydrogen-bond donors (Lipinski definition) is 2. The third-order valence-electron chi connectivity index (χ3n) is 4.28. The van der Waals surface area contributed by atoms with E-state index in [9.17, 15) is 14.3 Å². The van der Waals surface area contributed by atoms with Crippen molar-refractivity contribution < 1.29 is 19.0 Å². The number of nitrogens with zero attached hydrogens (tertiary/aromatic N) is 1. The Morgan fingerprint density at radius 3 is 3.04 bits per heavy atom. The lowest BCUT2D eigenvalue weighted by molar-refractivity contribution is 0.0738. The van der Waals surface area contributed by atoms with Gasteiger partial charge in [0.15, 0.2) is 0 Å². The average molecular weight is 324 g/mol. The molecular weight excluding hydrogens is 299 g/mol. The molecule has 23 heavy (non-hydrogen) atoms. The molecule has 1 fully saturated rings. The van der Waals surface area contributed by atoms with E-state index in [-0.39, 0.29) is 24.4 Å². The number of ether oxygens (including phenoxy) is 1. The van der Waals surface area contributed by atoms with E-state index in [0.29, 0.717) is 25.2 Å². The molecule has 2 amide bonds. The first-order valence-corrected chi connectivity index (χ1v) is 7.98. The van der Waals surface area contributed by atoms with Gasteiger partial charge in [-0.25, -0.2) is 9.18 Å². The Morgan fingerprint density at radius 1 is 1.57 bits per heavy atom. The van der Waals surface area contributed by atoms with E-state index in [0.717, 1.165) is 18.4 Å². The normalized spacial score (nSPS) is 19.5. The number of nitrogens with one attached hydrogen (secondary N) is 1. The predicted octanol–water partition coefficient (Wildman–Crippen LogP) is 2.27. The van der Waals surface area contributed by atoms with Gasteiger partial charge in [0, 0.05) is 38.2 Å². The van der Waals surface area contributed by atoms with E-state index in [1.807, 2.05) is 0 Å². The molecule has 2 rings (SSSR count). The summed E-state index contributed by atoms with van der Waals surface area (Å²) in [7, 11) is 1.52. The zero-order valence-corrected chi connectivity index (χ0v) is 13.7. The molecule has 5 nitrogen and oxygen atoms in total. The lowest BCUT2D eigenvalue weighted by atomic mass is 9.94. The molecule has 1 aromatic carbocycles. The number of hydrogen-bond acceptors (Lipinski definition) is 3. The number of piperidine rings is 1. The fourth-order valence-corrected chi connectivity index (χ4v) is 2.88. The van der Waals surface area contributed by atoms with Crippen LogP contribution in [0.1, 0.15) is 30.9 Å². The molecule has 0 saturated carbocycles. The number of rotatable bonds is 5. The van der Waals surface area contributed by atoms with Gasteiger partial charge in [0.25, 0.3) is 0 Å². The molecule has 1 heterocycles. The molecule has 2 atom stereocenters. The highest BCUT2D eigenvalue weighted by Gasteiger charge is 2.26. The van der Waals surface area contributed by atoms with Gasteiger partial charge in [-0.05, 0) is 37.5 Å². The van der Waals surface area contributed by atoms with Crippen molar-refractivity contribution in [3.8, 4) is 0 Å². The van der Waals surface area contributed by atoms with Crippen LogP contribution in [0.4, 0.5) is 9.18 Å². The van der Waals surface area contributed by atoms with Crippen LogP contribution in [0.25, 0.3) is 0 Å². The molecular formula is C17H25FN2O3. The van der Waals surface area contributed by atoms with Gasteiger partial charge >= 0.3 is 6.03 Å². The lowest BCUT2D eigenvalue weighted by Crippen LogP contribution is -2.47. The van der Waals surface area contributed by atoms with Crippen LogP contribution >= 0.6 is 0 Å². The highest BCUT2D eigenvalue weighted by molar-refractivity contribution is 5.74. The number of amides is 2. The largest absolute Gasteiger partial charge is 0.393 e. The SMILES string of the molecule is COCc1cc(CNC(=O)N2CCCC(C(C)O)C2)ccc1F. The number of halogens is 1. The number of carbonyl (C=O) groups excluding carboxylic acids is 1. The molecule has 0 aliphatic carbocycles. The number of aliphatic hydroxyl groups is 1. The average Bonchev–Trinajstić information content (AvgIpc) is 2.55. The molecule has 0 aromatic heterocycles. The van der Waals surface area contributed by atoms with Gasteiger partial charge in [0.1, 0.15) is 5.82 Å². The number of likely N-dealkylation sites (tertiary alicyclic amines) is 1. The third-order valence-corrected chi connectivity index (χ3v) is 4.28.